The van der Waals surface area contributed by atoms with E-state index in [1.54, 1.807) is 15.5 Å². The maximum atomic E-state index is 12.8. The van der Waals surface area contributed by atoms with Crippen LogP contribution in [0.2, 0.25) is 0 Å². The quantitative estimate of drug-likeness (QED) is 0.779. The van der Waals surface area contributed by atoms with Crippen molar-refractivity contribution in [2.45, 2.75) is 13.8 Å². The average molecular weight is 373 g/mol. The lowest BCUT2D eigenvalue weighted by Crippen LogP contribution is -2.41. The Kier molecular flexibility index (Phi) is 6.41. The number of hydrogen-bond acceptors (Lipinski definition) is 5. The first-order chi connectivity index (χ1) is 13.2. The Morgan fingerprint density at radius 2 is 1.96 bits per heavy atom. The summed E-state index contributed by atoms with van der Waals surface area (Å²) < 4.78 is 7.02. The molecule has 1 aliphatic rings. The highest BCUT2D eigenvalue weighted by Gasteiger charge is 2.24. The Bertz CT molecular complexity index is 794. The van der Waals surface area contributed by atoms with Crippen molar-refractivity contribution in [3.63, 3.8) is 0 Å². The van der Waals surface area contributed by atoms with Gasteiger partial charge in [0.1, 0.15) is 0 Å². The predicted molar refractivity (Wildman–Crippen MR) is 102 cm³/mol. The largest absolute Gasteiger partial charge is 0.379 e. The van der Waals surface area contributed by atoms with Crippen LogP contribution in [0.25, 0.3) is 5.52 Å². The summed E-state index contributed by atoms with van der Waals surface area (Å²) in [6.07, 6.45) is 1.77. The fraction of sp³-hybridized carbons (Fsp3) is 0.526. The molecule has 3 rings (SSSR count). The minimum absolute atomic E-state index is 0.173. The van der Waals surface area contributed by atoms with Crippen LogP contribution in [0.15, 0.2) is 24.4 Å². The molecular weight excluding hydrogens is 346 g/mol. The number of carbonyl (C=O) groups excluding carboxylic acids is 2. The van der Waals surface area contributed by atoms with Crippen LogP contribution in [0.5, 0.6) is 0 Å². The van der Waals surface area contributed by atoms with E-state index < -0.39 is 0 Å². The summed E-state index contributed by atoms with van der Waals surface area (Å²) in [7, 11) is 0. The van der Waals surface area contributed by atoms with Crippen molar-refractivity contribution >= 4 is 17.3 Å². The van der Waals surface area contributed by atoms with Crippen LogP contribution < -0.4 is 5.32 Å². The van der Waals surface area contributed by atoms with Gasteiger partial charge in [-0.1, -0.05) is 6.07 Å². The molecule has 1 fully saturated rings. The van der Waals surface area contributed by atoms with E-state index >= 15 is 0 Å². The number of imidazole rings is 1. The van der Waals surface area contributed by atoms with E-state index in [2.05, 4.69) is 15.2 Å². The van der Waals surface area contributed by atoms with E-state index in [0.29, 0.717) is 25.2 Å². The molecular formula is C19H27N5O3. The molecule has 0 spiro atoms. The van der Waals surface area contributed by atoms with Gasteiger partial charge in [0.05, 0.1) is 18.7 Å². The monoisotopic (exact) mass is 373 g/mol. The third-order valence-electron chi connectivity index (χ3n) is 4.82. The average Bonchev–Trinajstić information content (AvgIpc) is 3.09. The normalized spacial score (nSPS) is 15.0. The van der Waals surface area contributed by atoms with E-state index in [9.17, 15) is 9.59 Å². The Balaban J connectivity index is 1.75. The van der Waals surface area contributed by atoms with E-state index in [4.69, 9.17) is 4.74 Å². The summed E-state index contributed by atoms with van der Waals surface area (Å²) in [6.45, 7) is 9.57. The molecule has 1 aliphatic heterocycles. The number of ether oxygens (including phenoxy) is 1. The first-order valence-electron chi connectivity index (χ1n) is 9.50. The third-order valence-corrected chi connectivity index (χ3v) is 4.82. The van der Waals surface area contributed by atoms with Gasteiger partial charge in [-0.15, -0.1) is 0 Å². The second-order valence-electron chi connectivity index (χ2n) is 6.43. The molecule has 0 unspecified atom stereocenters. The number of morpholine rings is 1. The highest BCUT2D eigenvalue weighted by atomic mass is 16.5. The fourth-order valence-electron chi connectivity index (χ4n) is 3.24. The molecule has 0 aliphatic carbocycles. The first-order valence-corrected chi connectivity index (χ1v) is 9.50. The molecule has 2 aromatic heterocycles. The number of nitrogens with one attached hydrogen (secondary N) is 1. The van der Waals surface area contributed by atoms with E-state index in [1.165, 1.54) is 0 Å². The molecule has 0 radical (unpaired) electrons. The van der Waals surface area contributed by atoms with Crippen molar-refractivity contribution in [3.05, 3.63) is 35.9 Å². The van der Waals surface area contributed by atoms with E-state index in [0.717, 1.165) is 32.8 Å². The fourth-order valence-corrected chi connectivity index (χ4v) is 3.24. The minimum Gasteiger partial charge on any atom is -0.379 e. The molecule has 146 valence electrons. The Morgan fingerprint density at radius 3 is 2.67 bits per heavy atom. The Labute approximate surface area is 159 Å². The standard InChI is InChI=1S/C19H27N5O3/c1-3-23(4-2)19(26)17-21-16(15-7-5-6-9-24(15)17)18(25)20-8-10-22-11-13-27-14-12-22/h5-7,9H,3-4,8,10-14H2,1-2H3,(H,20,25). The molecule has 3 heterocycles. The molecule has 27 heavy (non-hydrogen) atoms. The van der Waals surface area contributed by atoms with Crippen molar-refractivity contribution in [1.82, 2.24) is 24.5 Å². The molecule has 2 amide bonds. The number of amides is 2. The number of aromatic nitrogens is 2. The van der Waals surface area contributed by atoms with Gasteiger partial charge in [0.2, 0.25) is 5.82 Å². The molecule has 0 saturated carbocycles. The number of pyridine rings is 1. The first kappa shape index (κ1) is 19.3. The van der Waals surface area contributed by atoms with Gasteiger partial charge in [-0.3, -0.25) is 18.9 Å². The number of fused-ring (bicyclic) bond motifs is 1. The van der Waals surface area contributed by atoms with E-state index in [-0.39, 0.29) is 23.3 Å². The SMILES string of the molecule is CCN(CC)C(=O)c1nc(C(=O)NCCN2CCOCC2)c2ccccn12. The molecule has 1 N–H and O–H groups in total. The maximum Gasteiger partial charge on any atom is 0.290 e. The molecule has 8 nitrogen and oxygen atoms in total. The highest BCUT2D eigenvalue weighted by Crippen LogP contribution is 2.15. The van der Waals surface area contributed by atoms with Gasteiger partial charge in [0, 0.05) is 45.5 Å². The van der Waals surface area contributed by atoms with Crippen LogP contribution >= 0.6 is 0 Å². The Morgan fingerprint density at radius 1 is 1.22 bits per heavy atom. The van der Waals surface area contributed by atoms with Crippen molar-refractivity contribution < 1.29 is 14.3 Å². The van der Waals surface area contributed by atoms with Crippen molar-refractivity contribution in [3.8, 4) is 0 Å². The summed E-state index contributed by atoms with van der Waals surface area (Å²) in [5.41, 5.74) is 0.921. The summed E-state index contributed by atoms with van der Waals surface area (Å²) in [4.78, 5) is 33.8. The van der Waals surface area contributed by atoms with Gasteiger partial charge in [0.15, 0.2) is 5.69 Å². The number of rotatable bonds is 7. The zero-order valence-corrected chi connectivity index (χ0v) is 16.0. The number of hydrogen-bond donors (Lipinski definition) is 1. The zero-order valence-electron chi connectivity index (χ0n) is 16.0. The van der Waals surface area contributed by atoms with Crippen LogP contribution in [0, 0.1) is 0 Å². The van der Waals surface area contributed by atoms with Crippen LogP contribution in [0.1, 0.15) is 35.0 Å². The molecule has 0 bridgehead atoms. The van der Waals surface area contributed by atoms with Crippen molar-refractivity contribution in [2.24, 2.45) is 0 Å². The van der Waals surface area contributed by atoms with Gasteiger partial charge >= 0.3 is 0 Å². The topological polar surface area (TPSA) is 79.2 Å². The van der Waals surface area contributed by atoms with Gasteiger partial charge in [-0.05, 0) is 26.0 Å². The van der Waals surface area contributed by atoms with Crippen molar-refractivity contribution in [2.75, 3.05) is 52.5 Å². The second kappa shape index (κ2) is 8.96. The lowest BCUT2D eigenvalue weighted by atomic mass is 10.3. The van der Waals surface area contributed by atoms with Crippen molar-refractivity contribution in [1.29, 1.82) is 0 Å². The van der Waals surface area contributed by atoms with E-state index in [1.807, 2.05) is 32.0 Å². The summed E-state index contributed by atoms with van der Waals surface area (Å²) in [5, 5.41) is 2.93. The highest BCUT2D eigenvalue weighted by molar-refractivity contribution is 6.02. The molecule has 0 atom stereocenters. The van der Waals surface area contributed by atoms with Gasteiger partial charge in [-0.25, -0.2) is 4.98 Å². The zero-order chi connectivity index (χ0) is 19.2. The number of nitrogens with zero attached hydrogens (tertiary/aromatic N) is 4. The molecule has 8 heteroatoms. The predicted octanol–water partition coefficient (Wildman–Crippen LogP) is 0.878. The van der Waals surface area contributed by atoms with Crippen LogP contribution in [-0.2, 0) is 4.74 Å². The molecule has 0 aromatic carbocycles. The second-order valence-corrected chi connectivity index (χ2v) is 6.43. The maximum absolute atomic E-state index is 12.8. The van der Waals surface area contributed by atoms with Gasteiger partial charge in [0.25, 0.3) is 11.8 Å². The molecule has 2 aromatic rings. The minimum atomic E-state index is -0.259. The third kappa shape index (κ3) is 4.28. The smallest absolute Gasteiger partial charge is 0.290 e. The lowest BCUT2D eigenvalue weighted by Gasteiger charge is -2.26. The Hall–Kier alpha value is -2.45. The molecule has 1 saturated heterocycles. The van der Waals surface area contributed by atoms with Gasteiger partial charge in [-0.2, -0.15) is 0 Å². The summed E-state index contributed by atoms with van der Waals surface area (Å²) in [5.74, 6) is -0.160. The lowest BCUT2D eigenvalue weighted by molar-refractivity contribution is 0.0383. The summed E-state index contributed by atoms with van der Waals surface area (Å²) in [6, 6.07) is 5.48. The number of carbonyl (C=O) groups is 2. The summed E-state index contributed by atoms with van der Waals surface area (Å²) >= 11 is 0. The van der Waals surface area contributed by atoms with Crippen LogP contribution in [-0.4, -0.2) is 83.5 Å². The van der Waals surface area contributed by atoms with Crippen LogP contribution in [0.3, 0.4) is 0 Å². The van der Waals surface area contributed by atoms with Crippen LogP contribution in [0.4, 0.5) is 0 Å². The van der Waals surface area contributed by atoms with Gasteiger partial charge < -0.3 is 15.0 Å².